The molecule has 0 fully saturated rings. The van der Waals surface area contributed by atoms with Crippen LogP contribution in [0.2, 0.25) is 0 Å². The zero-order valence-corrected chi connectivity index (χ0v) is 20.8. The summed E-state index contributed by atoms with van der Waals surface area (Å²) in [6.45, 7) is 1.85. The summed E-state index contributed by atoms with van der Waals surface area (Å²) in [5.74, 6) is -2.59. The molecule has 4 aromatic rings. The Bertz CT molecular complexity index is 1260. The van der Waals surface area contributed by atoms with Gasteiger partial charge in [-0.2, -0.15) is 0 Å². The topological polar surface area (TPSA) is 81.8 Å². The Hall–Kier alpha value is -4.51. The largest absolute Gasteiger partial charge is 0.465 e. The molecule has 5 heteroatoms. The number of ether oxygens (including phenoxy) is 1. The van der Waals surface area contributed by atoms with Gasteiger partial charge in [0.05, 0.1) is 12.3 Å². The highest BCUT2D eigenvalue weighted by molar-refractivity contribution is 6.13. The maximum atomic E-state index is 13.0. The minimum Gasteiger partial charge on any atom is -0.465 e. The number of nitrogens with zero attached hydrogens (tertiary/aromatic N) is 1. The lowest BCUT2D eigenvalue weighted by molar-refractivity contribution is -0.152. The lowest BCUT2D eigenvalue weighted by Crippen LogP contribution is -2.39. The number of hydrogen-bond donors (Lipinski definition) is 1. The van der Waals surface area contributed by atoms with Crippen molar-refractivity contribution in [2.45, 2.75) is 18.9 Å². The molecule has 1 unspecified atom stereocenters. The highest BCUT2D eigenvalue weighted by atomic mass is 16.5. The Balaban J connectivity index is 2.06. The normalized spacial score (nSPS) is 11.8. The van der Waals surface area contributed by atoms with Crippen molar-refractivity contribution in [2.75, 3.05) is 6.61 Å². The second kappa shape index (κ2) is 12.0. The molecule has 186 valence electrons. The van der Waals surface area contributed by atoms with Gasteiger partial charge in [0, 0.05) is 17.5 Å². The molecule has 0 radical (unpaired) electrons. The quantitative estimate of drug-likeness (QED) is 0.180. The van der Waals surface area contributed by atoms with Gasteiger partial charge in [-0.1, -0.05) is 121 Å². The molecule has 1 amide bonds. The van der Waals surface area contributed by atoms with Crippen LogP contribution < -0.4 is 5.73 Å². The van der Waals surface area contributed by atoms with Crippen LogP contribution in [0.3, 0.4) is 0 Å². The summed E-state index contributed by atoms with van der Waals surface area (Å²) < 4.78 is 5.27. The zero-order valence-electron chi connectivity index (χ0n) is 20.8. The summed E-state index contributed by atoms with van der Waals surface area (Å²) in [6, 6.07) is 39.2. The van der Waals surface area contributed by atoms with Gasteiger partial charge in [-0.25, -0.2) is 0 Å². The highest BCUT2D eigenvalue weighted by Crippen LogP contribution is 2.41. The third-order valence-corrected chi connectivity index (χ3v) is 6.31. The van der Waals surface area contributed by atoms with Crippen LogP contribution in [0, 0.1) is 5.92 Å². The van der Waals surface area contributed by atoms with Crippen molar-refractivity contribution in [2.24, 2.45) is 16.6 Å². The summed E-state index contributed by atoms with van der Waals surface area (Å²) in [7, 11) is 0. The number of amides is 1. The average Bonchev–Trinajstić information content (AvgIpc) is 2.95. The third-order valence-electron chi connectivity index (χ3n) is 6.31. The molecule has 4 aromatic carbocycles. The first-order chi connectivity index (χ1) is 18.0. The van der Waals surface area contributed by atoms with Crippen molar-refractivity contribution >= 4 is 17.6 Å². The van der Waals surface area contributed by atoms with Crippen LogP contribution in [0.15, 0.2) is 126 Å². The molecule has 2 N–H and O–H groups in total. The molecule has 5 nitrogen and oxygen atoms in total. The number of carbonyl (C=O) groups excluding carboxylic acids is 2. The summed E-state index contributed by atoms with van der Waals surface area (Å²) in [5.41, 5.74) is 8.91. The predicted octanol–water partition coefficient (Wildman–Crippen LogP) is 5.52. The van der Waals surface area contributed by atoms with E-state index in [0.717, 1.165) is 28.0 Å². The molecule has 0 saturated heterocycles. The zero-order chi connectivity index (χ0) is 26.1. The van der Waals surface area contributed by atoms with Gasteiger partial charge in [-0.05, 0) is 18.1 Å². The van der Waals surface area contributed by atoms with E-state index >= 15 is 0 Å². The van der Waals surface area contributed by atoms with E-state index in [2.05, 4.69) is 0 Å². The molecule has 0 aliphatic heterocycles. The van der Waals surface area contributed by atoms with Gasteiger partial charge in [0.2, 0.25) is 5.91 Å². The van der Waals surface area contributed by atoms with Crippen LogP contribution in [0.5, 0.6) is 0 Å². The van der Waals surface area contributed by atoms with E-state index in [4.69, 9.17) is 15.5 Å². The van der Waals surface area contributed by atoms with Crippen LogP contribution in [-0.4, -0.2) is 24.2 Å². The van der Waals surface area contributed by atoms with Gasteiger partial charge < -0.3 is 10.5 Å². The molecular weight excluding hydrogens is 460 g/mol. The smallest absolute Gasteiger partial charge is 0.318 e. The van der Waals surface area contributed by atoms with Crippen LogP contribution in [-0.2, 0) is 19.9 Å². The first-order valence-electron chi connectivity index (χ1n) is 12.3. The first kappa shape index (κ1) is 25.6. The van der Waals surface area contributed by atoms with E-state index in [-0.39, 0.29) is 13.0 Å². The van der Waals surface area contributed by atoms with Crippen LogP contribution in [0.1, 0.15) is 35.6 Å². The number of aliphatic imine (C=N–C) groups is 1. The molecular formula is C32H30N2O3. The molecule has 0 aliphatic rings. The van der Waals surface area contributed by atoms with E-state index in [0.29, 0.717) is 0 Å². The van der Waals surface area contributed by atoms with Gasteiger partial charge in [0.1, 0.15) is 11.5 Å². The van der Waals surface area contributed by atoms with Gasteiger partial charge in [0.25, 0.3) is 0 Å². The molecule has 1 atom stereocenters. The van der Waals surface area contributed by atoms with Crippen LogP contribution in [0.4, 0.5) is 0 Å². The number of benzene rings is 4. The highest BCUT2D eigenvalue weighted by Gasteiger charge is 2.42. The third kappa shape index (κ3) is 5.84. The summed E-state index contributed by atoms with van der Waals surface area (Å²) >= 11 is 0. The fourth-order valence-corrected chi connectivity index (χ4v) is 4.52. The average molecular weight is 491 g/mol. The minimum atomic E-state index is -1.20. The van der Waals surface area contributed by atoms with Gasteiger partial charge in [-0.15, -0.1) is 0 Å². The molecule has 4 rings (SSSR count). The predicted molar refractivity (Wildman–Crippen MR) is 146 cm³/mol. The van der Waals surface area contributed by atoms with E-state index in [1.54, 1.807) is 6.92 Å². The Morgan fingerprint density at radius 1 is 0.730 bits per heavy atom. The van der Waals surface area contributed by atoms with Crippen LogP contribution >= 0.6 is 0 Å². The Morgan fingerprint density at radius 2 is 1.14 bits per heavy atom. The fraction of sp³-hybridized carbons (Fsp3) is 0.156. The molecule has 0 aliphatic carbocycles. The van der Waals surface area contributed by atoms with Gasteiger partial charge >= 0.3 is 5.97 Å². The van der Waals surface area contributed by atoms with Crippen LogP contribution in [0.25, 0.3) is 0 Å². The number of esters is 1. The number of hydrogen-bond acceptors (Lipinski definition) is 4. The summed E-state index contributed by atoms with van der Waals surface area (Å²) in [4.78, 5) is 31.1. The first-order valence-corrected chi connectivity index (χ1v) is 12.3. The lowest BCUT2D eigenvalue weighted by Gasteiger charge is -2.34. The van der Waals surface area contributed by atoms with Crippen molar-refractivity contribution < 1.29 is 14.3 Å². The molecule has 37 heavy (non-hydrogen) atoms. The van der Waals surface area contributed by atoms with E-state index in [1.165, 1.54) is 0 Å². The fourth-order valence-electron chi connectivity index (χ4n) is 4.52. The monoisotopic (exact) mass is 490 g/mol. The van der Waals surface area contributed by atoms with Crippen molar-refractivity contribution in [1.29, 1.82) is 0 Å². The summed E-state index contributed by atoms with van der Waals surface area (Å²) in [6.07, 6.45) is 0.0123. The maximum Gasteiger partial charge on any atom is 0.318 e. The number of nitrogens with two attached hydrogens (primary N) is 1. The standard InChI is InChI=1S/C32H30N2O3/c1-2-37-31(36)28(30(33)35)23-32(26-19-11-5-12-20-26,27-21-13-6-14-22-27)34-29(24-15-7-3-8-16-24)25-17-9-4-10-18-25/h3-22,28H,2,23H2,1H3,(H2,33,35). The second-order valence-corrected chi connectivity index (χ2v) is 8.70. The molecule has 0 bridgehead atoms. The minimum absolute atomic E-state index is 0.0123. The van der Waals surface area contributed by atoms with Crippen molar-refractivity contribution in [3.05, 3.63) is 144 Å². The lowest BCUT2D eigenvalue weighted by atomic mass is 9.76. The van der Waals surface area contributed by atoms with Crippen molar-refractivity contribution in [3.8, 4) is 0 Å². The molecule has 0 spiro atoms. The van der Waals surface area contributed by atoms with E-state index < -0.39 is 23.3 Å². The number of primary amides is 1. The van der Waals surface area contributed by atoms with Gasteiger partial charge in [0.15, 0.2) is 0 Å². The van der Waals surface area contributed by atoms with Crippen molar-refractivity contribution in [3.63, 3.8) is 0 Å². The maximum absolute atomic E-state index is 13.0. The van der Waals surface area contributed by atoms with E-state index in [1.807, 2.05) is 121 Å². The summed E-state index contributed by atoms with van der Waals surface area (Å²) in [5, 5.41) is 0. The Labute approximate surface area is 217 Å². The van der Waals surface area contributed by atoms with Crippen molar-refractivity contribution in [1.82, 2.24) is 0 Å². The molecule has 0 heterocycles. The Morgan fingerprint density at radius 3 is 1.51 bits per heavy atom. The molecule has 0 saturated carbocycles. The van der Waals surface area contributed by atoms with Gasteiger partial charge in [-0.3, -0.25) is 14.6 Å². The second-order valence-electron chi connectivity index (χ2n) is 8.70. The number of rotatable bonds is 10. The number of carbonyl (C=O) groups is 2. The molecule has 0 aromatic heterocycles. The Kier molecular flexibility index (Phi) is 8.26. The SMILES string of the molecule is CCOC(=O)C(CC(N=C(c1ccccc1)c1ccccc1)(c1ccccc1)c1ccccc1)C(N)=O. The van der Waals surface area contributed by atoms with E-state index in [9.17, 15) is 9.59 Å².